The van der Waals surface area contributed by atoms with Crippen molar-refractivity contribution >= 4 is 12.2 Å². The summed E-state index contributed by atoms with van der Waals surface area (Å²) in [6.07, 6.45) is 11.8. The number of aromatic nitrogens is 1. The van der Waals surface area contributed by atoms with E-state index < -0.39 is 0 Å². The van der Waals surface area contributed by atoms with Gasteiger partial charge in [0.1, 0.15) is 0 Å². The number of H-pyrrole nitrogens is 1. The van der Waals surface area contributed by atoms with E-state index in [0.717, 1.165) is 6.42 Å². The van der Waals surface area contributed by atoms with E-state index in [4.69, 9.17) is 0 Å². The zero-order chi connectivity index (χ0) is 11.3. The molecule has 1 heterocycles. The molecule has 0 bridgehead atoms. The Hall–Kier alpha value is -1.24. The Morgan fingerprint density at radius 3 is 2.67 bits per heavy atom. The smallest absolute Gasteiger partial charge is 0.0416 e. The van der Waals surface area contributed by atoms with E-state index in [-0.39, 0.29) is 0 Å². The van der Waals surface area contributed by atoms with Crippen LogP contribution >= 0.6 is 0 Å². The maximum atomic E-state index is 3.34. The zero-order valence-corrected chi connectivity index (χ0v) is 10.2. The van der Waals surface area contributed by atoms with Crippen molar-refractivity contribution in [2.45, 2.75) is 40.0 Å². The summed E-state index contributed by atoms with van der Waals surface area (Å²) in [7, 11) is 0. The summed E-state index contributed by atoms with van der Waals surface area (Å²) in [4.78, 5) is 3.34. The topological polar surface area (TPSA) is 15.8 Å². The van der Waals surface area contributed by atoms with Gasteiger partial charge in [0.05, 0.1) is 0 Å². The molecule has 0 fully saturated rings. The third-order valence-corrected chi connectivity index (χ3v) is 2.47. The van der Waals surface area contributed by atoms with Crippen LogP contribution in [0.25, 0.3) is 12.2 Å². The van der Waals surface area contributed by atoms with Crippen molar-refractivity contribution in [2.24, 2.45) is 0 Å². The molecule has 0 radical (unpaired) electrons. The maximum absolute atomic E-state index is 3.34. The van der Waals surface area contributed by atoms with Crippen LogP contribution in [0.1, 0.15) is 45.6 Å². The molecule has 0 aromatic carbocycles. The number of allylic oxidation sites excluding steroid dienone is 2. The van der Waals surface area contributed by atoms with Crippen molar-refractivity contribution in [1.29, 1.82) is 0 Å². The van der Waals surface area contributed by atoms with Crippen molar-refractivity contribution in [3.63, 3.8) is 0 Å². The predicted molar refractivity (Wildman–Crippen MR) is 68.2 cm³/mol. The van der Waals surface area contributed by atoms with Gasteiger partial charge in [0.15, 0.2) is 0 Å². The normalized spacial score (nSPS) is 14.7. The third-order valence-electron chi connectivity index (χ3n) is 2.47. The number of aromatic amines is 1. The van der Waals surface area contributed by atoms with Crippen molar-refractivity contribution < 1.29 is 0 Å². The summed E-state index contributed by atoms with van der Waals surface area (Å²) in [5, 5.41) is 2.59. The van der Waals surface area contributed by atoms with Crippen LogP contribution in [-0.4, -0.2) is 4.98 Å². The Morgan fingerprint density at radius 1 is 1.40 bits per heavy atom. The van der Waals surface area contributed by atoms with Crippen LogP contribution in [0.2, 0.25) is 0 Å². The molecule has 0 aliphatic rings. The molecule has 1 aromatic rings. The average Bonchev–Trinajstić information content (AvgIpc) is 2.59. The Morgan fingerprint density at radius 2 is 2.13 bits per heavy atom. The molecule has 0 saturated carbocycles. The molecule has 1 rings (SSSR count). The quantitative estimate of drug-likeness (QED) is 0.777. The lowest BCUT2D eigenvalue weighted by atomic mass is 10.0. The number of hydrogen-bond donors (Lipinski definition) is 1. The molecule has 0 saturated heterocycles. The molecule has 0 aliphatic heterocycles. The summed E-state index contributed by atoms with van der Waals surface area (Å²) < 4.78 is 0. The Balaban J connectivity index is 3.40. The van der Waals surface area contributed by atoms with Crippen molar-refractivity contribution in [3.8, 4) is 0 Å². The fourth-order valence-corrected chi connectivity index (χ4v) is 1.70. The van der Waals surface area contributed by atoms with Gasteiger partial charge >= 0.3 is 0 Å². The Kier molecular flexibility index (Phi) is 4.41. The van der Waals surface area contributed by atoms with Crippen LogP contribution in [0.5, 0.6) is 0 Å². The summed E-state index contributed by atoms with van der Waals surface area (Å²) in [6.45, 7) is 8.66. The first kappa shape index (κ1) is 11.8. The standard InChI is InChI=1S/C14H21N/c1-5-7-9-12-13(11(3)4)10-15-14(12)8-6-2/h5,7-11,15H,6H2,1-4H3/b7-5-,12-9-,14-8-. The third kappa shape index (κ3) is 2.85. The van der Waals surface area contributed by atoms with Crippen LogP contribution in [0.4, 0.5) is 0 Å². The van der Waals surface area contributed by atoms with E-state index in [9.17, 15) is 0 Å². The first-order chi connectivity index (χ1) is 7.20. The predicted octanol–water partition coefficient (Wildman–Crippen LogP) is 2.69. The van der Waals surface area contributed by atoms with Crippen LogP contribution < -0.4 is 10.6 Å². The van der Waals surface area contributed by atoms with Gasteiger partial charge in [-0.2, -0.15) is 0 Å². The zero-order valence-electron chi connectivity index (χ0n) is 10.2. The highest BCUT2D eigenvalue weighted by atomic mass is 14.7. The monoisotopic (exact) mass is 203 g/mol. The van der Waals surface area contributed by atoms with Gasteiger partial charge in [-0.1, -0.05) is 45.1 Å². The highest BCUT2D eigenvalue weighted by molar-refractivity contribution is 5.42. The summed E-state index contributed by atoms with van der Waals surface area (Å²) in [6, 6.07) is 0. The Labute approximate surface area is 92.2 Å². The first-order valence-electron chi connectivity index (χ1n) is 5.71. The summed E-state index contributed by atoms with van der Waals surface area (Å²) in [5.74, 6) is 0.566. The van der Waals surface area contributed by atoms with Crippen molar-refractivity contribution in [2.75, 3.05) is 0 Å². The fourth-order valence-electron chi connectivity index (χ4n) is 1.70. The van der Waals surface area contributed by atoms with E-state index >= 15 is 0 Å². The van der Waals surface area contributed by atoms with E-state index in [1.54, 1.807) is 0 Å². The second kappa shape index (κ2) is 5.59. The number of rotatable bonds is 3. The van der Waals surface area contributed by atoms with E-state index in [1.165, 1.54) is 16.1 Å². The van der Waals surface area contributed by atoms with Gasteiger partial charge in [-0.25, -0.2) is 0 Å². The van der Waals surface area contributed by atoms with Crippen LogP contribution in [-0.2, 0) is 0 Å². The van der Waals surface area contributed by atoms with Crippen LogP contribution in [0.15, 0.2) is 18.3 Å². The van der Waals surface area contributed by atoms with Gasteiger partial charge in [-0.05, 0) is 24.8 Å². The SMILES string of the molecule is C\C=C/C=c1/c(C(C)C)c[nH]/c1=C\CC. The molecule has 1 heteroatoms. The van der Waals surface area contributed by atoms with Gasteiger partial charge in [0.2, 0.25) is 0 Å². The second-order valence-corrected chi connectivity index (χ2v) is 4.03. The molecule has 0 aliphatic carbocycles. The lowest BCUT2D eigenvalue weighted by Crippen LogP contribution is -2.25. The highest BCUT2D eigenvalue weighted by Gasteiger charge is 2.02. The van der Waals surface area contributed by atoms with Gasteiger partial charge in [-0.15, -0.1) is 0 Å². The molecule has 1 N–H and O–H groups in total. The van der Waals surface area contributed by atoms with Gasteiger partial charge in [0, 0.05) is 16.8 Å². The number of nitrogens with one attached hydrogen (secondary N) is 1. The highest BCUT2D eigenvalue weighted by Crippen LogP contribution is 2.06. The summed E-state index contributed by atoms with van der Waals surface area (Å²) >= 11 is 0. The molecule has 0 spiro atoms. The minimum Gasteiger partial charge on any atom is -0.361 e. The van der Waals surface area contributed by atoms with E-state index in [2.05, 4.69) is 56.3 Å². The lowest BCUT2D eigenvalue weighted by Gasteiger charge is -1.99. The second-order valence-electron chi connectivity index (χ2n) is 4.03. The maximum Gasteiger partial charge on any atom is 0.0416 e. The van der Waals surface area contributed by atoms with Crippen LogP contribution in [0.3, 0.4) is 0 Å². The Bertz CT molecular complexity index is 432. The molecule has 82 valence electrons. The molecular weight excluding hydrogens is 182 g/mol. The van der Waals surface area contributed by atoms with E-state index in [1.807, 2.05) is 6.92 Å². The van der Waals surface area contributed by atoms with Gasteiger partial charge in [0.25, 0.3) is 0 Å². The molecule has 0 amide bonds. The fraction of sp³-hybridized carbons (Fsp3) is 0.429. The molecule has 1 aromatic heterocycles. The molecule has 1 nitrogen and oxygen atoms in total. The minimum absolute atomic E-state index is 0.566. The minimum atomic E-state index is 0.566. The molecule has 15 heavy (non-hydrogen) atoms. The first-order valence-corrected chi connectivity index (χ1v) is 5.71. The molecule has 0 unspecified atom stereocenters. The largest absolute Gasteiger partial charge is 0.361 e. The number of hydrogen-bond acceptors (Lipinski definition) is 0. The molecule has 0 atom stereocenters. The lowest BCUT2D eigenvalue weighted by molar-refractivity contribution is 0.862. The summed E-state index contributed by atoms with van der Waals surface area (Å²) in [5.41, 5.74) is 1.40. The molecular formula is C14H21N. The average molecular weight is 203 g/mol. The van der Waals surface area contributed by atoms with Crippen molar-refractivity contribution in [3.05, 3.63) is 34.5 Å². The van der Waals surface area contributed by atoms with E-state index in [0.29, 0.717) is 5.92 Å². The van der Waals surface area contributed by atoms with Gasteiger partial charge in [-0.3, -0.25) is 0 Å². The van der Waals surface area contributed by atoms with Crippen LogP contribution in [0, 0.1) is 0 Å². The van der Waals surface area contributed by atoms with Crippen molar-refractivity contribution in [1.82, 2.24) is 4.98 Å². The van der Waals surface area contributed by atoms with Gasteiger partial charge < -0.3 is 4.98 Å².